The molecular weight excluding hydrogens is 290 g/mol. The van der Waals surface area contributed by atoms with E-state index in [-0.39, 0.29) is 0 Å². The molecule has 0 spiro atoms. The van der Waals surface area contributed by atoms with E-state index in [1.54, 1.807) is 6.92 Å². The highest BCUT2D eigenvalue weighted by molar-refractivity contribution is 8.12. The van der Waals surface area contributed by atoms with Crippen molar-refractivity contribution in [3.8, 4) is 5.06 Å². The molecule has 1 aromatic rings. The Bertz CT molecular complexity index is 477. The van der Waals surface area contributed by atoms with Crippen LogP contribution in [0.4, 0.5) is 0 Å². The van der Waals surface area contributed by atoms with Crippen LogP contribution in [0, 0.1) is 13.8 Å². The van der Waals surface area contributed by atoms with Crippen LogP contribution < -0.4 is 4.52 Å². The second-order valence-electron chi connectivity index (χ2n) is 3.37. The largest absolute Gasteiger partial charge is 0.432 e. The van der Waals surface area contributed by atoms with Crippen LogP contribution in [0.1, 0.15) is 11.1 Å². The molecule has 1 rings (SSSR count). The molecule has 0 saturated carbocycles. The zero-order valence-corrected chi connectivity index (χ0v) is 12.1. The smallest absolute Gasteiger partial charge is 0.336 e. The molecule has 1 atom stereocenters. The van der Waals surface area contributed by atoms with E-state index in [0.717, 1.165) is 11.1 Å². The van der Waals surface area contributed by atoms with Crippen LogP contribution in [0.25, 0.3) is 0 Å². The van der Waals surface area contributed by atoms with Crippen LogP contribution in [-0.4, -0.2) is 20.6 Å². The fourth-order valence-electron chi connectivity index (χ4n) is 0.961. The molecule has 9 heteroatoms. The van der Waals surface area contributed by atoms with Gasteiger partial charge in [0.25, 0.3) is 0 Å². The summed E-state index contributed by atoms with van der Waals surface area (Å²) in [6.07, 6.45) is 0. The zero-order valence-electron chi connectivity index (χ0n) is 8.65. The van der Waals surface area contributed by atoms with E-state index in [0.29, 0.717) is 5.06 Å². The molecule has 0 aliphatic heterocycles. The van der Waals surface area contributed by atoms with E-state index in [2.05, 4.69) is 0 Å². The Kier molecular flexibility index (Phi) is 4.35. The van der Waals surface area contributed by atoms with E-state index in [1.807, 2.05) is 12.3 Å². The molecule has 0 aromatic carbocycles. The maximum Gasteiger partial charge on any atom is 0.336 e. The molecule has 1 heterocycles. The SMILES string of the molecule is Cc1csc(OP(O)(=S)CP(=O)(O)O)c1C. The molecule has 0 aliphatic carbocycles. The zero-order chi connectivity index (χ0) is 12.6. The molecule has 0 fully saturated rings. The Labute approximate surface area is 102 Å². The van der Waals surface area contributed by atoms with E-state index in [1.165, 1.54) is 11.3 Å². The Morgan fingerprint density at radius 3 is 2.38 bits per heavy atom. The molecule has 0 amide bonds. The van der Waals surface area contributed by atoms with Crippen molar-refractivity contribution in [2.45, 2.75) is 13.8 Å². The van der Waals surface area contributed by atoms with Crippen LogP contribution in [0.3, 0.4) is 0 Å². The summed E-state index contributed by atoms with van der Waals surface area (Å²) in [6, 6.07) is 0. The maximum absolute atomic E-state index is 10.7. The fraction of sp³-hybridized carbons (Fsp3) is 0.429. The van der Waals surface area contributed by atoms with Gasteiger partial charge in [0.15, 0.2) is 5.06 Å². The van der Waals surface area contributed by atoms with Crippen molar-refractivity contribution in [1.29, 1.82) is 0 Å². The summed E-state index contributed by atoms with van der Waals surface area (Å²) in [7, 11) is -4.36. The summed E-state index contributed by atoms with van der Waals surface area (Å²) in [5.74, 6) is -0.800. The van der Waals surface area contributed by atoms with Gasteiger partial charge < -0.3 is 19.2 Å². The van der Waals surface area contributed by atoms with Gasteiger partial charge in [-0.05, 0) is 36.6 Å². The van der Waals surface area contributed by atoms with Gasteiger partial charge >= 0.3 is 7.60 Å². The summed E-state index contributed by atoms with van der Waals surface area (Å²) in [6.45, 7) is 0.208. The van der Waals surface area contributed by atoms with Gasteiger partial charge in [-0.3, -0.25) is 4.57 Å². The molecule has 1 unspecified atom stereocenters. The third-order valence-electron chi connectivity index (χ3n) is 1.83. The Morgan fingerprint density at radius 2 is 2.00 bits per heavy atom. The summed E-state index contributed by atoms with van der Waals surface area (Å²) < 4.78 is 15.9. The molecule has 92 valence electrons. The lowest BCUT2D eigenvalue weighted by Gasteiger charge is -2.16. The number of hydrogen-bond donors (Lipinski definition) is 3. The molecule has 0 bridgehead atoms. The maximum atomic E-state index is 10.7. The lowest BCUT2D eigenvalue weighted by Crippen LogP contribution is -1.97. The van der Waals surface area contributed by atoms with Gasteiger partial charge in [0, 0.05) is 5.56 Å². The van der Waals surface area contributed by atoms with Gasteiger partial charge in [-0.2, -0.15) is 0 Å². The molecule has 0 radical (unpaired) electrons. The third kappa shape index (κ3) is 4.26. The minimum atomic E-state index is -4.36. The molecule has 3 N–H and O–H groups in total. The minimum absolute atomic E-state index is 0.428. The molecule has 16 heavy (non-hydrogen) atoms. The molecule has 1 aromatic heterocycles. The van der Waals surface area contributed by atoms with Crippen LogP contribution in [0.5, 0.6) is 5.06 Å². The topological polar surface area (TPSA) is 87.0 Å². The first-order valence-corrected chi connectivity index (χ1v) is 9.75. The fourth-order valence-corrected chi connectivity index (χ4v) is 6.51. The van der Waals surface area contributed by atoms with Gasteiger partial charge in [-0.25, -0.2) is 0 Å². The highest BCUT2D eigenvalue weighted by atomic mass is 32.5. The molecule has 0 saturated heterocycles. The second kappa shape index (κ2) is 4.86. The highest BCUT2D eigenvalue weighted by Crippen LogP contribution is 2.56. The van der Waals surface area contributed by atoms with E-state index in [9.17, 15) is 9.46 Å². The summed E-state index contributed by atoms with van der Waals surface area (Å²) in [5.41, 5.74) is 1.82. The van der Waals surface area contributed by atoms with E-state index < -0.39 is 20.0 Å². The van der Waals surface area contributed by atoms with Gasteiger partial charge in [0.1, 0.15) is 5.90 Å². The number of aryl methyl sites for hydroxylation is 1. The molecule has 0 aliphatic rings. The molecule has 5 nitrogen and oxygen atoms in total. The normalized spacial score (nSPS) is 15.8. The van der Waals surface area contributed by atoms with Crippen molar-refractivity contribution in [3.63, 3.8) is 0 Å². The van der Waals surface area contributed by atoms with E-state index >= 15 is 0 Å². The average molecular weight is 302 g/mol. The predicted octanol–water partition coefficient (Wildman–Crippen LogP) is 2.18. The van der Waals surface area contributed by atoms with Crippen LogP contribution in [0.2, 0.25) is 0 Å². The Morgan fingerprint density at radius 1 is 1.44 bits per heavy atom. The number of rotatable bonds is 4. The standard InChI is InChI=1S/C7H12O5P2S2/c1-5-3-16-7(6(5)2)12-14(11,15)4-13(8,9)10/h3H,4H2,1-2H3,(H,11,15)(H2,8,9,10). The monoisotopic (exact) mass is 302 g/mol. The number of thiophene rings is 1. The van der Waals surface area contributed by atoms with Crippen molar-refractivity contribution >= 4 is 37.2 Å². The van der Waals surface area contributed by atoms with Gasteiger partial charge in [-0.15, -0.1) is 11.3 Å². The van der Waals surface area contributed by atoms with Crippen molar-refractivity contribution in [2.24, 2.45) is 0 Å². The highest BCUT2D eigenvalue weighted by Gasteiger charge is 2.28. The second-order valence-corrected chi connectivity index (χ2v) is 9.84. The summed E-state index contributed by atoms with van der Waals surface area (Å²) >= 11 is 5.96. The van der Waals surface area contributed by atoms with Crippen LogP contribution in [0.15, 0.2) is 5.38 Å². The first kappa shape index (κ1) is 14.3. The van der Waals surface area contributed by atoms with Crippen LogP contribution in [-0.2, 0) is 16.4 Å². The Hall–Kier alpha value is 0.260. The average Bonchev–Trinajstić information content (AvgIpc) is 2.30. The summed E-state index contributed by atoms with van der Waals surface area (Å²) in [5, 5.41) is 2.26. The quantitative estimate of drug-likeness (QED) is 0.739. The third-order valence-corrected chi connectivity index (χ3v) is 7.66. The van der Waals surface area contributed by atoms with Crippen molar-refractivity contribution in [1.82, 2.24) is 0 Å². The number of hydrogen-bond acceptors (Lipinski definition) is 4. The summed E-state index contributed by atoms with van der Waals surface area (Å²) in [4.78, 5) is 27.1. The van der Waals surface area contributed by atoms with E-state index in [4.69, 9.17) is 26.1 Å². The van der Waals surface area contributed by atoms with Crippen molar-refractivity contribution in [3.05, 3.63) is 16.5 Å². The molecular formula is C7H12O5P2S2. The minimum Gasteiger partial charge on any atom is -0.432 e. The van der Waals surface area contributed by atoms with Gasteiger partial charge in [0.2, 0.25) is 6.49 Å². The first-order valence-electron chi connectivity index (χ1n) is 4.21. The Balaban J connectivity index is 2.85. The lowest BCUT2D eigenvalue weighted by atomic mass is 10.2. The predicted molar refractivity (Wildman–Crippen MR) is 67.8 cm³/mol. The lowest BCUT2D eigenvalue weighted by molar-refractivity contribution is 0.375. The van der Waals surface area contributed by atoms with Crippen LogP contribution >= 0.6 is 25.4 Å². The van der Waals surface area contributed by atoms with Crippen molar-refractivity contribution in [2.75, 3.05) is 5.90 Å². The van der Waals surface area contributed by atoms with Crippen molar-refractivity contribution < 1.29 is 23.8 Å². The first-order chi connectivity index (χ1) is 7.11. The van der Waals surface area contributed by atoms with Gasteiger partial charge in [0.05, 0.1) is 0 Å². The van der Waals surface area contributed by atoms with Gasteiger partial charge in [-0.1, -0.05) is 0 Å².